The molecular formula is C17H25FN2O3. The predicted molar refractivity (Wildman–Crippen MR) is 86.5 cm³/mol. The van der Waals surface area contributed by atoms with Crippen LogP contribution in [-0.2, 0) is 16.0 Å². The first-order chi connectivity index (χ1) is 10.7. The Bertz CT molecular complexity index is 555. The van der Waals surface area contributed by atoms with Gasteiger partial charge >= 0.3 is 0 Å². The van der Waals surface area contributed by atoms with Crippen molar-refractivity contribution in [3.05, 3.63) is 35.1 Å². The zero-order valence-corrected chi connectivity index (χ0v) is 13.9. The van der Waals surface area contributed by atoms with Crippen LogP contribution in [0.5, 0.6) is 0 Å². The number of likely N-dealkylation sites (tertiary alicyclic amines) is 1. The Labute approximate surface area is 136 Å². The molecule has 0 radical (unpaired) electrons. The molecule has 0 bridgehead atoms. The fraction of sp³-hybridized carbons (Fsp3) is 0.529. The minimum Gasteiger partial charge on any atom is -0.483 e. The van der Waals surface area contributed by atoms with E-state index in [9.17, 15) is 9.18 Å². The van der Waals surface area contributed by atoms with E-state index >= 15 is 0 Å². The van der Waals surface area contributed by atoms with E-state index in [0.717, 1.165) is 31.5 Å². The van der Waals surface area contributed by atoms with Gasteiger partial charge in [0.05, 0.1) is 5.54 Å². The molecule has 128 valence electrons. The molecular weight excluding hydrogens is 299 g/mol. The number of nitrogens with zero attached hydrogens (tertiary/aromatic N) is 1. The molecule has 1 aromatic carbocycles. The van der Waals surface area contributed by atoms with Gasteiger partial charge in [-0.15, -0.1) is 0 Å². The summed E-state index contributed by atoms with van der Waals surface area (Å²) in [5, 5.41) is 6.89. The smallest absolute Gasteiger partial charge is 0.290 e. The van der Waals surface area contributed by atoms with Gasteiger partial charge in [-0.05, 0) is 56.7 Å². The van der Waals surface area contributed by atoms with E-state index in [0.29, 0.717) is 11.5 Å². The molecule has 1 aliphatic rings. The van der Waals surface area contributed by atoms with E-state index in [4.69, 9.17) is 15.6 Å². The van der Waals surface area contributed by atoms with Crippen LogP contribution >= 0.6 is 0 Å². The SMILES string of the molecule is Cc1ccc(CC2CCN(C(=O)C(C)(C)N)C2)cc1F.O=CO. The number of carbonyl (C=O) groups excluding carboxylic acids is 1. The molecule has 0 aliphatic carbocycles. The second kappa shape index (κ2) is 8.06. The first-order valence-corrected chi connectivity index (χ1v) is 7.60. The number of carboxylic acid groups (broad SMARTS) is 1. The second-order valence-electron chi connectivity index (χ2n) is 6.52. The highest BCUT2D eigenvalue weighted by Crippen LogP contribution is 2.23. The van der Waals surface area contributed by atoms with Gasteiger partial charge < -0.3 is 15.7 Å². The highest BCUT2D eigenvalue weighted by Gasteiger charge is 2.33. The average Bonchev–Trinajstić information content (AvgIpc) is 2.90. The zero-order valence-electron chi connectivity index (χ0n) is 13.9. The van der Waals surface area contributed by atoms with Crippen molar-refractivity contribution >= 4 is 12.4 Å². The molecule has 23 heavy (non-hydrogen) atoms. The maximum atomic E-state index is 13.5. The van der Waals surface area contributed by atoms with E-state index < -0.39 is 5.54 Å². The van der Waals surface area contributed by atoms with Crippen LogP contribution < -0.4 is 5.73 Å². The quantitative estimate of drug-likeness (QED) is 0.833. The fourth-order valence-corrected chi connectivity index (χ4v) is 2.69. The first-order valence-electron chi connectivity index (χ1n) is 7.60. The number of aryl methyl sites for hydroxylation is 1. The summed E-state index contributed by atoms with van der Waals surface area (Å²) in [4.78, 5) is 22.3. The molecule has 1 amide bonds. The molecule has 3 N–H and O–H groups in total. The molecule has 6 heteroatoms. The number of nitrogens with two attached hydrogens (primary N) is 1. The molecule has 0 spiro atoms. The monoisotopic (exact) mass is 324 g/mol. The van der Waals surface area contributed by atoms with Crippen molar-refractivity contribution in [1.29, 1.82) is 0 Å². The van der Waals surface area contributed by atoms with Gasteiger partial charge in [-0.1, -0.05) is 12.1 Å². The molecule has 0 aromatic heterocycles. The highest BCUT2D eigenvalue weighted by molar-refractivity contribution is 5.85. The summed E-state index contributed by atoms with van der Waals surface area (Å²) in [7, 11) is 0. The van der Waals surface area contributed by atoms with Crippen molar-refractivity contribution < 1.29 is 19.1 Å². The van der Waals surface area contributed by atoms with Gasteiger partial charge in [0, 0.05) is 13.1 Å². The molecule has 5 nitrogen and oxygen atoms in total. The van der Waals surface area contributed by atoms with Gasteiger partial charge in [0.25, 0.3) is 6.47 Å². The Kier molecular flexibility index (Phi) is 6.69. The molecule has 1 fully saturated rings. The number of hydrogen-bond acceptors (Lipinski definition) is 3. The van der Waals surface area contributed by atoms with Gasteiger partial charge in [-0.25, -0.2) is 4.39 Å². The standard InChI is InChI=1S/C16H23FN2O.CH2O2/c1-11-4-5-12(9-14(11)17)8-13-6-7-19(10-13)15(20)16(2,3)18;2-1-3/h4-5,9,13H,6-8,10,18H2,1-3H3;1H,(H,2,3). The lowest BCUT2D eigenvalue weighted by atomic mass is 9.98. The van der Waals surface area contributed by atoms with Crippen LogP contribution in [0.4, 0.5) is 4.39 Å². The number of halogens is 1. The van der Waals surface area contributed by atoms with Crippen molar-refractivity contribution in [2.45, 2.75) is 39.2 Å². The van der Waals surface area contributed by atoms with Crippen LogP contribution in [-0.4, -0.2) is 41.0 Å². The molecule has 1 unspecified atom stereocenters. The number of benzene rings is 1. The Morgan fingerprint density at radius 2 is 2.13 bits per heavy atom. The number of carbonyl (C=O) groups is 2. The first kappa shape index (κ1) is 19.1. The van der Waals surface area contributed by atoms with E-state index in [1.165, 1.54) is 0 Å². The van der Waals surface area contributed by atoms with Crippen molar-refractivity contribution in [1.82, 2.24) is 4.90 Å². The molecule has 0 saturated carbocycles. The highest BCUT2D eigenvalue weighted by atomic mass is 19.1. The summed E-state index contributed by atoms with van der Waals surface area (Å²) >= 11 is 0. The van der Waals surface area contributed by atoms with E-state index in [1.807, 2.05) is 17.0 Å². The van der Waals surface area contributed by atoms with Crippen LogP contribution in [0.25, 0.3) is 0 Å². The lowest BCUT2D eigenvalue weighted by molar-refractivity contribution is -0.134. The van der Waals surface area contributed by atoms with E-state index in [2.05, 4.69) is 0 Å². The average molecular weight is 324 g/mol. The molecule has 1 saturated heterocycles. The summed E-state index contributed by atoms with van der Waals surface area (Å²) in [6.45, 7) is 6.45. The third kappa shape index (κ3) is 5.63. The molecule has 1 aliphatic heterocycles. The predicted octanol–water partition coefficient (Wildman–Crippen LogP) is 1.96. The Morgan fingerprint density at radius 1 is 1.52 bits per heavy atom. The van der Waals surface area contributed by atoms with E-state index in [-0.39, 0.29) is 18.2 Å². The molecule has 1 atom stereocenters. The molecule has 1 heterocycles. The van der Waals surface area contributed by atoms with Crippen LogP contribution in [0.3, 0.4) is 0 Å². The summed E-state index contributed by atoms with van der Waals surface area (Å²) in [5.41, 5.74) is 6.71. The van der Waals surface area contributed by atoms with Crippen LogP contribution in [0.1, 0.15) is 31.4 Å². The van der Waals surface area contributed by atoms with Crippen LogP contribution in [0.2, 0.25) is 0 Å². The van der Waals surface area contributed by atoms with Crippen LogP contribution in [0.15, 0.2) is 18.2 Å². The number of amides is 1. The summed E-state index contributed by atoms with van der Waals surface area (Å²) in [6, 6.07) is 5.38. The normalized spacial score (nSPS) is 17.4. The minimum atomic E-state index is -0.815. The lowest BCUT2D eigenvalue weighted by Gasteiger charge is -2.25. The third-order valence-electron chi connectivity index (χ3n) is 3.88. The Morgan fingerprint density at radius 3 is 2.65 bits per heavy atom. The summed E-state index contributed by atoms with van der Waals surface area (Å²) < 4.78 is 13.5. The van der Waals surface area contributed by atoms with Gasteiger partial charge in [-0.2, -0.15) is 0 Å². The molecule has 2 rings (SSSR count). The maximum absolute atomic E-state index is 13.5. The van der Waals surface area contributed by atoms with Crippen molar-refractivity contribution in [3.8, 4) is 0 Å². The second-order valence-corrected chi connectivity index (χ2v) is 6.52. The Hall–Kier alpha value is -1.95. The Balaban J connectivity index is 0.000000816. The van der Waals surface area contributed by atoms with Gasteiger partial charge in [0.1, 0.15) is 5.82 Å². The zero-order chi connectivity index (χ0) is 17.6. The number of hydrogen-bond donors (Lipinski definition) is 2. The maximum Gasteiger partial charge on any atom is 0.290 e. The summed E-state index contributed by atoms with van der Waals surface area (Å²) in [6.07, 6.45) is 1.77. The van der Waals surface area contributed by atoms with Crippen molar-refractivity contribution in [3.63, 3.8) is 0 Å². The topological polar surface area (TPSA) is 83.6 Å². The van der Waals surface area contributed by atoms with Crippen molar-refractivity contribution in [2.75, 3.05) is 13.1 Å². The van der Waals surface area contributed by atoms with Crippen molar-refractivity contribution in [2.24, 2.45) is 11.7 Å². The summed E-state index contributed by atoms with van der Waals surface area (Å²) in [5.74, 6) is 0.231. The number of rotatable bonds is 3. The van der Waals surface area contributed by atoms with E-state index in [1.54, 1.807) is 26.8 Å². The van der Waals surface area contributed by atoms with Gasteiger partial charge in [0.15, 0.2) is 0 Å². The minimum absolute atomic E-state index is 0.00455. The molecule has 1 aromatic rings. The largest absolute Gasteiger partial charge is 0.483 e. The third-order valence-corrected chi connectivity index (χ3v) is 3.88. The van der Waals surface area contributed by atoms with Gasteiger partial charge in [-0.3, -0.25) is 9.59 Å². The van der Waals surface area contributed by atoms with Crippen LogP contribution in [0, 0.1) is 18.7 Å². The lowest BCUT2D eigenvalue weighted by Crippen LogP contribution is -2.50. The van der Waals surface area contributed by atoms with Gasteiger partial charge in [0.2, 0.25) is 5.91 Å². The fourth-order valence-electron chi connectivity index (χ4n) is 2.69.